The second-order valence-corrected chi connectivity index (χ2v) is 7.62. The monoisotopic (exact) mass is 430 g/mol. The molecule has 0 heterocycles. The molecule has 6 heteroatoms. The fourth-order valence-corrected chi connectivity index (χ4v) is 3.17. The van der Waals surface area contributed by atoms with Crippen molar-refractivity contribution in [3.63, 3.8) is 0 Å². The summed E-state index contributed by atoms with van der Waals surface area (Å²) < 4.78 is 22.6. The van der Waals surface area contributed by atoms with Crippen LogP contribution in [0.1, 0.15) is 31.4 Å². The molecule has 0 fully saturated rings. The van der Waals surface area contributed by atoms with Gasteiger partial charge in [-0.25, -0.2) is 0 Å². The van der Waals surface area contributed by atoms with Crippen LogP contribution < -0.4 is 0 Å². The van der Waals surface area contributed by atoms with Crippen molar-refractivity contribution in [2.45, 2.75) is 51.8 Å². The molecule has 0 aromatic heterocycles. The van der Waals surface area contributed by atoms with Crippen molar-refractivity contribution in [1.29, 1.82) is 0 Å². The number of aliphatic hydroxyl groups is 1. The van der Waals surface area contributed by atoms with Gasteiger partial charge in [-0.05, 0) is 31.4 Å². The third-order valence-corrected chi connectivity index (χ3v) is 4.95. The van der Waals surface area contributed by atoms with Gasteiger partial charge in [-0.1, -0.05) is 60.7 Å². The van der Waals surface area contributed by atoms with Crippen LogP contribution in [0.2, 0.25) is 0 Å². The Kier molecular flexibility index (Phi) is 11.2. The van der Waals surface area contributed by atoms with Gasteiger partial charge in [0.1, 0.15) is 6.10 Å². The number of carbonyl (C=O) groups excluding carboxylic acids is 1. The Morgan fingerprint density at radius 3 is 1.97 bits per heavy atom. The zero-order valence-electron chi connectivity index (χ0n) is 18.6. The van der Waals surface area contributed by atoms with Crippen LogP contribution in [0.5, 0.6) is 0 Å². The first kappa shape index (κ1) is 25.0. The highest BCUT2D eigenvalue weighted by molar-refractivity contribution is 5.71. The van der Waals surface area contributed by atoms with Crippen LogP contribution >= 0.6 is 0 Å². The quantitative estimate of drug-likeness (QED) is 0.363. The Labute approximate surface area is 185 Å². The molecule has 2 aromatic rings. The predicted molar refractivity (Wildman–Crippen MR) is 118 cm³/mol. The molecule has 2 aromatic carbocycles. The molecule has 0 amide bonds. The average molecular weight is 431 g/mol. The molecule has 4 atom stereocenters. The lowest BCUT2D eigenvalue weighted by Gasteiger charge is -2.30. The third-order valence-electron chi connectivity index (χ3n) is 4.95. The first-order valence-electron chi connectivity index (χ1n) is 10.7. The molecule has 0 aliphatic heterocycles. The SMILES string of the molecule is COC(=O)[C@@H](C)COCC[C@H](OCc1ccccc1)[C@@H](OCc1ccccc1)[C@H](C)O. The van der Waals surface area contributed by atoms with Gasteiger partial charge in [-0.3, -0.25) is 4.79 Å². The summed E-state index contributed by atoms with van der Waals surface area (Å²) >= 11 is 0. The van der Waals surface area contributed by atoms with Gasteiger partial charge in [-0.2, -0.15) is 0 Å². The highest BCUT2D eigenvalue weighted by Crippen LogP contribution is 2.18. The van der Waals surface area contributed by atoms with Crippen LogP contribution in [-0.4, -0.2) is 49.7 Å². The molecule has 0 aliphatic rings. The number of aliphatic hydroxyl groups excluding tert-OH is 1. The van der Waals surface area contributed by atoms with Crippen LogP contribution in [0.15, 0.2) is 60.7 Å². The molecule has 31 heavy (non-hydrogen) atoms. The average Bonchev–Trinajstić information content (AvgIpc) is 2.80. The summed E-state index contributed by atoms with van der Waals surface area (Å²) in [4.78, 5) is 11.5. The number of rotatable bonds is 14. The first-order valence-corrected chi connectivity index (χ1v) is 10.7. The van der Waals surface area contributed by atoms with Crippen molar-refractivity contribution < 1.29 is 28.8 Å². The minimum Gasteiger partial charge on any atom is -0.469 e. The van der Waals surface area contributed by atoms with Gasteiger partial charge >= 0.3 is 5.97 Å². The van der Waals surface area contributed by atoms with Gasteiger partial charge in [0.25, 0.3) is 0 Å². The number of esters is 1. The first-order chi connectivity index (χ1) is 15.0. The molecule has 0 spiro atoms. The van der Waals surface area contributed by atoms with Crippen LogP contribution in [0.4, 0.5) is 0 Å². The minimum absolute atomic E-state index is 0.266. The Hall–Kier alpha value is -2.25. The number of benzene rings is 2. The summed E-state index contributed by atoms with van der Waals surface area (Å²) in [6, 6.07) is 19.7. The van der Waals surface area contributed by atoms with Crippen LogP contribution in [-0.2, 0) is 37.0 Å². The van der Waals surface area contributed by atoms with E-state index in [0.29, 0.717) is 26.2 Å². The lowest BCUT2D eigenvalue weighted by molar-refractivity contribution is -0.148. The Morgan fingerprint density at radius 2 is 1.45 bits per heavy atom. The Morgan fingerprint density at radius 1 is 0.903 bits per heavy atom. The van der Waals surface area contributed by atoms with Gasteiger partial charge in [0, 0.05) is 6.61 Å². The van der Waals surface area contributed by atoms with Crippen molar-refractivity contribution in [1.82, 2.24) is 0 Å². The smallest absolute Gasteiger partial charge is 0.310 e. The molecule has 0 saturated heterocycles. The number of carbonyl (C=O) groups is 1. The van der Waals surface area contributed by atoms with E-state index in [1.165, 1.54) is 7.11 Å². The molecule has 0 aliphatic carbocycles. The van der Waals surface area contributed by atoms with E-state index < -0.39 is 12.2 Å². The highest BCUT2D eigenvalue weighted by atomic mass is 16.6. The van der Waals surface area contributed by atoms with E-state index in [-0.39, 0.29) is 24.6 Å². The fourth-order valence-electron chi connectivity index (χ4n) is 3.17. The summed E-state index contributed by atoms with van der Waals surface area (Å²) in [5, 5.41) is 10.4. The predicted octanol–water partition coefficient (Wildman–Crippen LogP) is 3.75. The van der Waals surface area contributed by atoms with Gasteiger partial charge in [0.15, 0.2) is 0 Å². The summed E-state index contributed by atoms with van der Waals surface area (Å²) in [6.45, 7) is 4.89. The van der Waals surface area contributed by atoms with Crippen molar-refractivity contribution >= 4 is 5.97 Å². The van der Waals surface area contributed by atoms with E-state index in [1.54, 1.807) is 13.8 Å². The van der Waals surface area contributed by atoms with Gasteiger partial charge < -0.3 is 24.1 Å². The zero-order valence-corrected chi connectivity index (χ0v) is 18.6. The second kappa shape index (κ2) is 13.9. The molecule has 2 rings (SSSR count). The van der Waals surface area contributed by atoms with Crippen LogP contribution in [0.25, 0.3) is 0 Å². The van der Waals surface area contributed by atoms with Crippen molar-refractivity contribution in [2.24, 2.45) is 5.92 Å². The van der Waals surface area contributed by atoms with E-state index >= 15 is 0 Å². The molecule has 0 saturated carbocycles. The molecular weight excluding hydrogens is 396 g/mol. The number of hydrogen-bond donors (Lipinski definition) is 1. The maximum absolute atomic E-state index is 11.5. The fraction of sp³-hybridized carbons (Fsp3) is 0.480. The maximum atomic E-state index is 11.5. The molecular formula is C25H34O6. The molecule has 0 radical (unpaired) electrons. The maximum Gasteiger partial charge on any atom is 0.310 e. The van der Waals surface area contributed by atoms with E-state index in [4.69, 9.17) is 18.9 Å². The van der Waals surface area contributed by atoms with Gasteiger partial charge in [0.2, 0.25) is 0 Å². The summed E-state index contributed by atoms with van der Waals surface area (Å²) in [7, 11) is 1.36. The lowest BCUT2D eigenvalue weighted by atomic mass is 10.1. The molecule has 6 nitrogen and oxygen atoms in total. The Balaban J connectivity index is 1.97. The third kappa shape index (κ3) is 9.19. The topological polar surface area (TPSA) is 74.2 Å². The number of methoxy groups -OCH3 is 1. The number of hydrogen-bond acceptors (Lipinski definition) is 6. The zero-order chi connectivity index (χ0) is 22.5. The molecule has 0 unspecified atom stereocenters. The molecule has 170 valence electrons. The molecule has 1 N–H and O–H groups in total. The largest absolute Gasteiger partial charge is 0.469 e. The summed E-state index contributed by atoms with van der Waals surface area (Å²) in [6.07, 6.45) is -1.10. The molecule has 0 bridgehead atoms. The minimum atomic E-state index is -0.724. The highest BCUT2D eigenvalue weighted by Gasteiger charge is 2.28. The van der Waals surface area contributed by atoms with Gasteiger partial charge in [0.05, 0.1) is 45.1 Å². The van der Waals surface area contributed by atoms with Crippen molar-refractivity contribution in [2.75, 3.05) is 20.3 Å². The standard InChI is InChI=1S/C25H34O6/c1-19(25(27)28-3)16-29-15-14-23(30-17-21-10-6-4-7-11-21)24(20(2)26)31-18-22-12-8-5-9-13-22/h4-13,19-20,23-24,26H,14-18H2,1-3H3/t19-,20-,23-,24-/m0/s1. The summed E-state index contributed by atoms with van der Waals surface area (Å²) in [5.74, 6) is -0.638. The van der Waals surface area contributed by atoms with E-state index in [9.17, 15) is 9.90 Å². The van der Waals surface area contributed by atoms with Crippen molar-refractivity contribution in [3.8, 4) is 0 Å². The summed E-state index contributed by atoms with van der Waals surface area (Å²) in [5.41, 5.74) is 2.07. The van der Waals surface area contributed by atoms with Crippen LogP contribution in [0, 0.1) is 5.92 Å². The lowest BCUT2D eigenvalue weighted by Crippen LogP contribution is -2.40. The number of ether oxygens (including phenoxy) is 4. The second-order valence-electron chi connectivity index (χ2n) is 7.62. The van der Waals surface area contributed by atoms with E-state index in [2.05, 4.69) is 0 Å². The van der Waals surface area contributed by atoms with Crippen molar-refractivity contribution in [3.05, 3.63) is 71.8 Å². The normalized spacial score (nSPS) is 15.1. The van der Waals surface area contributed by atoms with E-state index in [0.717, 1.165) is 11.1 Å². The van der Waals surface area contributed by atoms with Gasteiger partial charge in [-0.15, -0.1) is 0 Å². The van der Waals surface area contributed by atoms with Crippen LogP contribution in [0.3, 0.4) is 0 Å². The Bertz CT molecular complexity index is 734. The van der Waals surface area contributed by atoms with E-state index in [1.807, 2.05) is 60.7 Å².